The third kappa shape index (κ3) is 10.5. The molecule has 0 saturated heterocycles. The van der Waals surface area contributed by atoms with Crippen LogP contribution in [0.15, 0.2) is 231 Å². The van der Waals surface area contributed by atoms with Crippen LogP contribution in [-0.4, -0.2) is 0 Å². The van der Waals surface area contributed by atoms with Crippen molar-refractivity contribution in [1.29, 1.82) is 0 Å². The summed E-state index contributed by atoms with van der Waals surface area (Å²) in [6.07, 6.45) is 13.6. The second kappa shape index (κ2) is 21.0. The van der Waals surface area contributed by atoms with E-state index in [1.54, 1.807) is 0 Å². The highest BCUT2D eigenvalue weighted by atomic mass is 16.5. The molecule has 0 unspecified atom stereocenters. The number of nitrogens with two attached hydrogens (primary N) is 1. The highest BCUT2D eigenvalue weighted by molar-refractivity contribution is 5.96. The van der Waals surface area contributed by atoms with Crippen molar-refractivity contribution in [2.75, 3.05) is 5.73 Å². The Morgan fingerprint density at radius 3 is 1.79 bits per heavy atom. The van der Waals surface area contributed by atoms with Crippen LogP contribution in [0.2, 0.25) is 0 Å². The van der Waals surface area contributed by atoms with Crippen molar-refractivity contribution in [3.05, 3.63) is 253 Å². The van der Waals surface area contributed by atoms with Gasteiger partial charge in [-0.15, -0.1) is 0 Å². The van der Waals surface area contributed by atoms with Gasteiger partial charge in [-0.3, -0.25) is 0 Å². The highest BCUT2D eigenvalue weighted by Crippen LogP contribution is 2.33. The molecule has 2 heteroatoms. The van der Waals surface area contributed by atoms with Crippen LogP contribution in [0.5, 0.6) is 5.75 Å². The van der Waals surface area contributed by atoms with E-state index in [-0.39, 0.29) is 0 Å². The Labute approximate surface area is 368 Å². The molecule has 0 saturated carbocycles. The van der Waals surface area contributed by atoms with E-state index < -0.39 is 0 Å². The maximum absolute atomic E-state index is 6.04. The van der Waals surface area contributed by atoms with E-state index >= 15 is 0 Å². The Kier molecular flexibility index (Phi) is 14.4. The Bertz CT molecular complexity index is 2830. The van der Waals surface area contributed by atoms with Crippen molar-refractivity contribution in [2.24, 2.45) is 0 Å². The maximum Gasteiger partial charge on any atom is 0.135 e. The Morgan fingerprint density at radius 1 is 0.548 bits per heavy atom. The molecular formula is C60H53NO. The van der Waals surface area contributed by atoms with E-state index in [0.29, 0.717) is 0 Å². The molecule has 0 spiro atoms. The second-order valence-corrected chi connectivity index (χ2v) is 14.7. The van der Waals surface area contributed by atoms with Crippen LogP contribution in [-0.2, 0) is 0 Å². The molecule has 2 N–H and O–H groups in total. The molecule has 2 nitrogen and oxygen atoms in total. The molecule has 9 rings (SSSR count). The molecule has 1 aliphatic rings. The molecule has 1 aliphatic heterocycles. The molecule has 0 aliphatic carbocycles. The van der Waals surface area contributed by atoms with Gasteiger partial charge < -0.3 is 10.5 Å². The lowest BCUT2D eigenvalue weighted by Gasteiger charge is -2.16. The van der Waals surface area contributed by atoms with E-state index in [4.69, 9.17) is 10.5 Å². The summed E-state index contributed by atoms with van der Waals surface area (Å²) in [5, 5.41) is 2.56. The maximum atomic E-state index is 6.04. The van der Waals surface area contributed by atoms with Crippen molar-refractivity contribution in [3.63, 3.8) is 0 Å². The van der Waals surface area contributed by atoms with Crippen molar-refractivity contribution >= 4 is 39.4 Å². The van der Waals surface area contributed by atoms with E-state index in [9.17, 15) is 0 Å². The molecule has 0 amide bonds. The Morgan fingerprint density at radius 2 is 1.10 bits per heavy atom. The summed E-state index contributed by atoms with van der Waals surface area (Å²) in [5.41, 5.74) is 20.5. The summed E-state index contributed by atoms with van der Waals surface area (Å²) < 4.78 is 6.04. The van der Waals surface area contributed by atoms with Crippen LogP contribution in [0.3, 0.4) is 0 Å². The lowest BCUT2D eigenvalue weighted by atomic mass is 9.96. The summed E-state index contributed by atoms with van der Waals surface area (Å²) in [6, 6.07) is 67.8. The standard InChI is InChI=1S/C40H32.C18H15NO.C2H6/c1-2-9-31(19-16-30-17-20-38(21-18-30)40-15-8-13-37-12-6-7-14-39(37)40)33-22-26-35(27-23-33)36-28-24-34(25-29-36)32-10-4-3-5-11-32;1-13-5-4-8-17(14-9-11-15(19)12-10-14)20-18-7-3-2-6-16(13)18;1-2/h3-29H,2H2,1H3;2-12H,1,19H2;1-2H3/b19-16-,31-9+;5-4-,17-8-;. The van der Waals surface area contributed by atoms with E-state index in [0.717, 1.165) is 40.3 Å². The number of anilines is 1. The summed E-state index contributed by atoms with van der Waals surface area (Å²) >= 11 is 0. The predicted molar refractivity (Wildman–Crippen MR) is 269 cm³/mol. The predicted octanol–water partition coefficient (Wildman–Crippen LogP) is 16.6. The second-order valence-electron chi connectivity index (χ2n) is 14.7. The minimum atomic E-state index is 0.740. The van der Waals surface area contributed by atoms with Gasteiger partial charge in [-0.05, 0) is 109 Å². The first-order chi connectivity index (χ1) is 30.5. The van der Waals surface area contributed by atoms with Crippen LogP contribution in [0.4, 0.5) is 5.69 Å². The third-order valence-electron chi connectivity index (χ3n) is 10.6. The number of benzene rings is 8. The van der Waals surface area contributed by atoms with Crippen molar-refractivity contribution in [3.8, 4) is 39.1 Å². The van der Waals surface area contributed by atoms with Crippen LogP contribution in [0.1, 0.15) is 49.4 Å². The molecule has 8 aromatic rings. The molecule has 62 heavy (non-hydrogen) atoms. The van der Waals surface area contributed by atoms with Gasteiger partial charge in [0.05, 0.1) is 0 Å². The molecule has 0 bridgehead atoms. The highest BCUT2D eigenvalue weighted by Gasteiger charge is 2.11. The number of hydrogen-bond acceptors (Lipinski definition) is 2. The first kappa shape index (κ1) is 42.4. The summed E-state index contributed by atoms with van der Waals surface area (Å²) in [4.78, 5) is 0. The SMILES string of the molecule is C=C1/C=C\C=C(\c2ccc(N)cc2)Oc2ccccc21.CC.CC/C=C(\C=C/c1ccc(-c2cccc3ccccc23)cc1)c1ccc(-c2ccc(-c3ccccc3)cc2)cc1. The Hall–Kier alpha value is -7.68. The number of ether oxygens (including phenoxy) is 1. The minimum Gasteiger partial charge on any atom is -0.456 e. The van der Waals surface area contributed by atoms with Crippen LogP contribution in [0.25, 0.3) is 67.1 Å². The van der Waals surface area contributed by atoms with Crippen molar-refractivity contribution in [2.45, 2.75) is 27.2 Å². The van der Waals surface area contributed by atoms with E-state index in [2.05, 4.69) is 177 Å². The molecular weight excluding hydrogens is 751 g/mol. The average Bonchev–Trinajstić information content (AvgIpc) is 3.33. The third-order valence-corrected chi connectivity index (χ3v) is 10.6. The average molecular weight is 804 g/mol. The lowest BCUT2D eigenvalue weighted by molar-refractivity contribution is 0.513. The summed E-state index contributed by atoms with van der Waals surface area (Å²) in [5.74, 6) is 1.60. The van der Waals surface area contributed by atoms with Gasteiger partial charge >= 0.3 is 0 Å². The topological polar surface area (TPSA) is 35.2 Å². The zero-order valence-electron chi connectivity index (χ0n) is 35.8. The van der Waals surface area contributed by atoms with Gasteiger partial charge in [-0.1, -0.05) is 222 Å². The van der Waals surface area contributed by atoms with Crippen LogP contribution >= 0.6 is 0 Å². The first-order valence-corrected chi connectivity index (χ1v) is 21.5. The molecule has 1 heterocycles. The Balaban J connectivity index is 0.000000220. The minimum absolute atomic E-state index is 0.740. The fourth-order valence-electron chi connectivity index (χ4n) is 7.40. The van der Waals surface area contributed by atoms with Gasteiger partial charge in [0.25, 0.3) is 0 Å². The number of rotatable bonds is 8. The molecule has 0 radical (unpaired) electrons. The molecule has 304 valence electrons. The first-order valence-electron chi connectivity index (χ1n) is 21.5. The monoisotopic (exact) mass is 803 g/mol. The number of nitrogen functional groups attached to an aromatic ring is 1. The molecule has 0 fully saturated rings. The fourth-order valence-corrected chi connectivity index (χ4v) is 7.40. The van der Waals surface area contributed by atoms with Gasteiger partial charge in [-0.2, -0.15) is 0 Å². The van der Waals surface area contributed by atoms with Crippen molar-refractivity contribution in [1.82, 2.24) is 0 Å². The van der Waals surface area contributed by atoms with Crippen molar-refractivity contribution < 1.29 is 4.74 Å². The van der Waals surface area contributed by atoms with E-state index in [1.165, 1.54) is 60.9 Å². The van der Waals surface area contributed by atoms with Gasteiger partial charge in [0.15, 0.2) is 0 Å². The smallest absolute Gasteiger partial charge is 0.135 e. The lowest BCUT2D eigenvalue weighted by Crippen LogP contribution is -1.99. The number of hydrogen-bond donors (Lipinski definition) is 1. The van der Waals surface area contributed by atoms with Gasteiger partial charge in [0, 0.05) is 16.8 Å². The number of allylic oxidation sites excluding steroid dienone is 7. The van der Waals surface area contributed by atoms with Gasteiger partial charge in [-0.25, -0.2) is 0 Å². The van der Waals surface area contributed by atoms with Gasteiger partial charge in [0.1, 0.15) is 11.5 Å². The van der Waals surface area contributed by atoms with Crippen LogP contribution in [0, 0.1) is 0 Å². The zero-order valence-corrected chi connectivity index (χ0v) is 35.8. The molecule has 8 aromatic carbocycles. The summed E-state index contributed by atoms with van der Waals surface area (Å²) in [6.45, 7) is 10.2. The number of fused-ring (bicyclic) bond motifs is 2. The summed E-state index contributed by atoms with van der Waals surface area (Å²) in [7, 11) is 0. The molecule has 0 atom stereocenters. The van der Waals surface area contributed by atoms with E-state index in [1.807, 2.05) is 80.6 Å². The normalized spacial score (nSPS) is 13.5. The van der Waals surface area contributed by atoms with Crippen LogP contribution < -0.4 is 10.5 Å². The number of para-hydroxylation sites is 1. The van der Waals surface area contributed by atoms with Gasteiger partial charge in [0.2, 0.25) is 0 Å². The fraction of sp³-hybridized carbons (Fsp3) is 0.0667. The quantitative estimate of drug-likeness (QED) is 0.123. The largest absolute Gasteiger partial charge is 0.456 e. The zero-order chi connectivity index (χ0) is 43.1. The molecule has 0 aromatic heterocycles.